The van der Waals surface area contributed by atoms with Gasteiger partial charge in [-0.25, -0.2) is 4.79 Å². The molecule has 0 bridgehead atoms. The highest BCUT2D eigenvalue weighted by atomic mass is 16.5. The zero-order valence-corrected chi connectivity index (χ0v) is 13.0. The Kier molecular flexibility index (Phi) is 9.67. The Morgan fingerprint density at radius 2 is 1.70 bits per heavy atom. The van der Waals surface area contributed by atoms with Crippen molar-refractivity contribution in [2.45, 2.75) is 70.8 Å². The standard InChI is InChI=1S/C16H31NO3/c1-2-3-4-5-6-7-8-11-17-12-9-15(10-13-17)20-14-16(18)19/h15H,2-14H2,1H3,(H,18,19). The summed E-state index contributed by atoms with van der Waals surface area (Å²) in [4.78, 5) is 12.9. The Balaban J connectivity index is 1.93. The summed E-state index contributed by atoms with van der Waals surface area (Å²) in [6.45, 7) is 5.41. The van der Waals surface area contributed by atoms with E-state index in [-0.39, 0.29) is 12.7 Å². The molecule has 0 amide bonds. The topological polar surface area (TPSA) is 49.8 Å². The predicted octanol–water partition coefficient (Wildman–Crippen LogP) is 3.30. The molecule has 0 saturated carbocycles. The lowest BCUT2D eigenvalue weighted by Crippen LogP contribution is -2.38. The van der Waals surface area contributed by atoms with Gasteiger partial charge in [-0.05, 0) is 25.8 Å². The third kappa shape index (κ3) is 8.54. The van der Waals surface area contributed by atoms with Gasteiger partial charge in [0.1, 0.15) is 6.61 Å². The second-order valence-electron chi connectivity index (χ2n) is 5.87. The van der Waals surface area contributed by atoms with Gasteiger partial charge in [0.2, 0.25) is 0 Å². The molecule has 1 aliphatic heterocycles. The van der Waals surface area contributed by atoms with Gasteiger partial charge in [0.15, 0.2) is 0 Å². The molecule has 1 rings (SSSR count). The van der Waals surface area contributed by atoms with Crippen molar-refractivity contribution in [2.75, 3.05) is 26.2 Å². The molecule has 0 aromatic heterocycles. The van der Waals surface area contributed by atoms with Crippen LogP contribution in [0.5, 0.6) is 0 Å². The minimum absolute atomic E-state index is 0.149. The molecule has 1 N–H and O–H groups in total. The maximum Gasteiger partial charge on any atom is 0.329 e. The molecule has 20 heavy (non-hydrogen) atoms. The fourth-order valence-corrected chi connectivity index (χ4v) is 2.78. The molecule has 1 heterocycles. The van der Waals surface area contributed by atoms with Crippen molar-refractivity contribution < 1.29 is 14.6 Å². The zero-order valence-electron chi connectivity index (χ0n) is 13.0. The summed E-state index contributed by atoms with van der Waals surface area (Å²) in [6.07, 6.45) is 11.6. The van der Waals surface area contributed by atoms with Crippen LogP contribution in [0.1, 0.15) is 64.7 Å². The van der Waals surface area contributed by atoms with Crippen LogP contribution in [0.25, 0.3) is 0 Å². The van der Waals surface area contributed by atoms with Gasteiger partial charge in [0.25, 0.3) is 0 Å². The lowest BCUT2D eigenvalue weighted by Gasteiger charge is -2.31. The van der Waals surface area contributed by atoms with Crippen molar-refractivity contribution in [3.63, 3.8) is 0 Å². The molecule has 0 atom stereocenters. The minimum Gasteiger partial charge on any atom is -0.480 e. The smallest absolute Gasteiger partial charge is 0.329 e. The molecule has 0 spiro atoms. The van der Waals surface area contributed by atoms with Crippen molar-refractivity contribution >= 4 is 5.97 Å². The van der Waals surface area contributed by atoms with Crippen molar-refractivity contribution in [2.24, 2.45) is 0 Å². The van der Waals surface area contributed by atoms with Crippen LogP contribution in [0.2, 0.25) is 0 Å². The highest BCUT2D eigenvalue weighted by molar-refractivity contribution is 5.68. The second-order valence-corrected chi connectivity index (χ2v) is 5.87. The number of likely N-dealkylation sites (tertiary alicyclic amines) is 1. The highest BCUT2D eigenvalue weighted by Gasteiger charge is 2.19. The van der Waals surface area contributed by atoms with E-state index in [0.717, 1.165) is 25.9 Å². The van der Waals surface area contributed by atoms with Gasteiger partial charge in [-0.1, -0.05) is 45.4 Å². The molecule has 4 heteroatoms. The summed E-state index contributed by atoms with van der Waals surface area (Å²) >= 11 is 0. The van der Waals surface area contributed by atoms with Crippen molar-refractivity contribution in [3.8, 4) is 0 Å². The number of rotatable bonds is 11. The number of unbranched alkanes of at least 4 members (excludes halogenated alkanes) is 6. The minimum atomic E-state index is -0.865. The van der Waals surface area contributed by atoms with Gasteiger partial charge >= 0.3 is 5.97 Å². The lowest BCUT2D eigenvalue weighted by molar-refractivity contribution is -0.145. The van der Waals surface area contributed by atoms with Gasteiger partial charge in [0, 0.05) is 13.1 Å². The number of hydrogen-bond donors (Lipinski definition) is 1. The quantitative estimate of drug-likeness (QED) is 0.592. The van der Waals surface area contributed by atoms with E-state index in [1.165, 1.54) is 51.5 Å². The van der Waals surface area contributed by atoms with Gasteiger partial charge in [0.05, 0.1) is 6.10 Å². The van der Waals surface area contributed by atoms with Crippen molar-refractivity contribution in [1.82, 2.24) is 4.90 Å². The molecule has 0 unspecified atom stereocenters. The normalized spacial score (nSPS) is 17.4. The van der Waals surface area contributed by atoms with Crippen molar-refractivity contribution in [3.05, 3.63) is 0 Å². The van der Waals surface area contributed by atoms with Crippen LogP contribution in [-0.4, -0.2) is 48.3 Å². The summed E-state index contributed by atoms with van der Waals surface area (Å²) in [6, 6.07) is 0. The van der Waals surface area contributed by atoms with Crippen LogP contribution in [-0.2, 0) is 9.53 Å². The van der Waals surface area contributed by atoms with E-state index in [4.69, 9.17) is 9.84 Å². The monoisotopic (exact) mass is 285 g/mol. The SMILES string of the molecule is CCCCCCCCCN1CCC(OCC(=O)O)CC1. The third-order valence-corrected chi connectivity index (χ3v) is 4.06. The number of aliphatic carboxylic acids is 1. The first kappa shape index (κ1) is 17.4. The van der Waals surface area contributed by atoms with E-state index in [1.807, 2.05) is 0 Å². The number of nitrogens with zero attached hydrogens (tertiary/aromatic N) is 1. The molecule has 0 radical (unpaired) electrons. The average Bonchev–Trinajstić information content (AvgIpc) is 2.45. The maximum absolute atomic E-state index is 10.4. The summed E-state index contributed by atoms with van der Waals surface area (Å²) in [7, 11) is 0. The predicted molar refractivity (Wildman–Crippen MR) is 81.0 cm³/mol. The van der Waals surface area contributed by atoms with Crippen molar-refractivity contribution in [1.29, 1.82) is 0 Å². The van der Waals surface area contributed by atoms with Gasteiger partial charge in [-0.2, -0.15) is 0 Å². The number of carboxylic acid groups (broad SMARTS) is 1. The Labute approximate surface area is 123 Å². The van der Waals surface area contributed by atoms with E-state index in [0.29, 0.717) is 0 Å². The molecule has 1 fully saturated rings. The molecule has 1 aliphatic rings. The van der Waals surface area contributed by atoms with Crippen LogP contribution in [0.4, 0.5) is 0 Å². The maximum atomic E-state index is 10.4. The third-order valence-electron chi connectivity index (χ3n) is 4.06. The zero-order chi connectivity index (χ0) is 14.6. The highest BCUT2D eigenvalue weighted by Crippen LogP contribution is 2.15. The fraction of sp³-hybridized carbons (Fsp3) is 0.938. The summed E-state index contributed by atoms with van der Waals surface area (Å²) < 4.78 is 5.35. The van der Waals surface area contributed by atoms with Gasteiger partial charge < -0.3 is 14.7 Å². The molecule has 1 saturated heterocycles. The average molecular weight is 285 g/mol. The summed E-state index contributed by atoms with van der Waals surface area (Å²) in [5.41, 5.74) is 0. The number of ether oxygens (including phenoxy) is 1. The number of piperidine rings is 1. The molecular formula is C16H31NO3. The second kappa shape index (κ2) is 11.1. The van der Waals surface area contributed by atoms with Crippen LogP contribution < -0.4 is 0 Å². The molecule has 4 nitrogen and oxygen atoms in total. The Hall–Kier alpha value is -0.610. The van der Waals surface area contributed by atoms with Crippen LogP contribution in [0.15, 0.2) is 0 Å². The summed E-state index contributed by atoms with van der Waals surface area (Å²) in [5, 5.41) is 8.58. The van der Waals surface area contributed by atoms with E-state index >= 15 is 0 Å². The lowest BCUT2D eigenvalue weighted by atomic mass is 10.1. The first-order chi connectivity index (χ1) is 9.72. The van der Waals surface area contributed by atoms with E-state index in [9.17, 15) is 4.79 Å². The van der Waals surface area contributed by atoms with Crippen LogP contribution in [0, 0.1) is 0 Å². The number of carbonyl (C=O) groups is 1. The largest absolute Gasteiger partial charge is 0.480 e. The Morgan fingerprint density at radius 1 is 1.10 bits per heavy atom. The van der Waals surface area contributed by atoms with Gasteiger partial charge in [-0.15, -0.1) is 0 Å². The molecule has 0 aromatic rings. The number of carboxylic acids is 1. The Bertz CT molecular complexity index is 250. The molecular weight excluding hydrogens is 254 g/mol. The van der Waals surface area contributed by atoms with E-state index in [1.54, 1.807) is 0 Å². The van der Waals surface area contributed by atoms with E-state index in [2.05, 4.69) is 11.8 Å². The molecule has 118 valence electrons. The first-order valence-corrected chi connectivity index (χ1v) is 8.28. The fourth-order valence-electron chi connectivity index (χ4n) is 2.78. The molecule has 0 aliphatic carbocycles. The first-order valence-electron chi connectivity index (χ1n) is 8.28. The van der Waals surface area contributed by atoms with Crippen LogP contribution >= 0.6 is 0 Å². The summed E-state index contributed by atoms with van der Waals surface area (Å²) in [5.74, 6) is -0.865. The number of hydrogen-bond acceptors (Lipinski definition) is 3. The Morgan fingerprint density at radius 3 is 2.30 bits per heavy atom. The van der Waals surface area contributed by atoms with Gasteiger partial charge in [-0.3, -0.25) is 0 Å². The van der Waals surface area contributed by atoms with E-state index < -0.39 is 5.97 Å². The van der Waals surface area contributed by atoms with Crippen LogP contribution in [0.3, 0.4) is 0 Å². The molecule has 0 aromatic carbocycles.